The molecule has 3 aromatic carbocycles. The number of aryl methyl sites for hydroxylation is 1. The van der Waals surface area contributed by atoms with Gasteiger partial charge in [0.1, 0.15) is 22.2 Å². The van der Waals surface area contributed by atoms with Crippen LogP contribution in [0.25, 0.3) is 0 Å². The van der Waals surface area contributed by atoms with Crippen LogP contribution in [0.2, 0.25) is 5.02 Å². The molecule has 0 spiro atoms. The van der Waals surface area contributed by atoms with E-state index in [-0.39, 0.29) is 39.1 Å². The summed E-state index contributed by atoms with van der Waals surface area (Å²) in [5, 5.41) is 4.69. The number of halogens is 5. The van der Waals surface area contributed by atoms with Gasteiger partial charge >= 0.3 is 6.18 Å². The Balaban J connectivity index is 1.60. The van der Waals surface area contributed by atoms with Gasteiger partial charge in [0.25, 0.3) is 17.7 Å². The molecular formula is C27H20Cl2F3N3O5. The van der Waals surface area contributed by atoms with E-state index in [9.17, 15) is 27.6 Å². The van der Waals surface area contributed by atoms with E-state index in [1.54, 1.807) is 19.1 Å². The van der Waals surface area contributed by atoms with E-state index in [0.29, 0.717) is 11.3 Å². The van der Waals surface area contributed by atoms with Gasteiger partial charge in [-0.1, -0.05) is 29.3 Å². The summed E-state index contributed by atoms with van der Waals surface area (Å²) in [4.78, 5) is 40.0. The van der Waals surface area contributed by atoms with Gasteiger partial charge in [0.2, 0.25) is 0 Å². The first-order valence-electron chi connectivity index (χ1n) is 11.4. The van der Waals surface area contributed by atoms with Crippen molar-refractivity contribution < 1.29 is 37.0 Å². The molecule has 3 amide bonds. The highest BCUT2D eigenvalue weighted by atomic mass is 35.5. The molecule has 4 rings (SSSR count). The summed E-state index contributed by atoms with van der Waals surface area (Å²) >= 11 is 12.2. The molecular weight excluding hydrogens is 574 g/mol. The van der Waals surface area contributed by atoms with Crippen molar-refractivity contribution >= 4 is 58.0 Å². The number of imide groups is 1. The Morgan fingerprint density at radius 1 is 0.900 bits per heavy atom. The summed E-state index contributed by atoms with van der Waals surface area (Å²) in [6, 6.07) is 11.4. The molecule has 0 aliphatic carbocycles. The van der Waals surface area contributed by atoms with Gasteiger partial charge in [0.15, 0.2) is 0 Å². The van der Waals surface area contributed by atoms with Crippen LogP contribution in [-0.2, 0) is 15.8 Å². The molecule has 40 heavy (non-hydrogen) atoms. The number of alkyl halides is 3. The van der Waals surface area contributed by atoms with Gasteiger partial charge in [-0.2, -0.15) is 13.2 Å². The molecule has 1 aliphatic rings. The van der Waals surface area contributed by atoms with Gasteiger partial charge < -0.3 is 20.1 Å². The van der Waals surface area contributed by atoms with Crippen LogP contribution < -0.4 is 25.0 Å². The largest absolute Gasteiger partial charge is 0.497 e. The molecule has 0 aromatic heterocycles. The lowest BCUT2D eigenvalue weighted by molar-refractivity contribution is -0.137. The molecule has 1 aliphatic heterocycles. The second-order valence-electron chi connectivity index (χ2n) is 8.47. The fourth-order valence-electron chi connectivity index (χ4n) is 3.82. The monoisotopic (exact) mass is 593 g/mol. The molecule has 208 valence electrons. The quantitative estimate of drug-likeness (QED) is 0.309. The predicted octanol–water partition coefficient (Wildman–Crippen LogP) is 6.37. The van der Waals surface area contributed by atoms with Gasteiger partial charge in [-0.3, -0.25) is 14.4 Å². The molecule has 0 unspecified atom stereocenters. The van der Waals surface area contributed by atoms with Crippen molar-refractivity contribution in [2.45, 2.75) is 13.1 Å². The maximum atomic E-state index is 13.3. The lowest BCUT2D eigenvalue weighted by atomic mass is 10.1. The summed E-state index contributed by atoms with van der Waals surface area (Å²) < 4.78 is 49.8. The molecule has 0 bridgehead atoms. The Bertz CT molecular complexity index is 1570. The first-order chi connectivity index (χ1) is 18.8. The minimum absolute atomic E-state index is 0.0313. The second kappa shape index (κ2) is 11.1. The molecule has 13 heteroatoms. The van der Waals surface area contributed by atoms with Crippen molar-refractivity contribution in [2.24, 2.45) is 0 Å². The van der Waals surface area contributed by atoms with Crippen molar-refractivity contribution in [1.82, 2.24) is 0 Å². The third kappa shape index (κ3) is 5.56. The normalized spacial score (nSPS) is 13.6. The molecule has 0 saturated carbocycles. The van der Waals surface area contributed by atoms with Crippen molar-refractivity contribution in [3.8, 4) is 11.5 Å². The molecule has 2 N–H and O–H groups in total. The summed E-state index contributed by atoms with van der Waals surface area (Å²) in [7, 11) is 2.82. The Hall–Kier alpha value is -4.22. The van der Waals surface area contributed by atoms with Crippen molar-refractivity contribution in [3.63, 3.8) is 0 Å². The highest BCUT2D eigenvalue weighted by Crippen LogP contribution is 2.38. The average molecular weight is 594 g/mol. The summed E-state index contributed by atoms with van der Waals surface area (Å²) in [6.07, 6.45) is -4.63. The predicted molar refractivity (Wildman–Crippen MR) is 144 cm³/mol. The number of hydrogen-bond donors (Lipinski definition) is 2. The van der Waals surface area contributed by atoms with Gasteiger partial charge in [-0.25, -0.2) is 4.90 Å². The topological polar surface area (TPSA) is 97.0 Å². The Labute approximate surface area is 236 Å². The third-order valence-electron chi connectivity index (χ3n) is 5.96. The standard InChI is InChI=1S/C27H20Cl2F3N3O5/c1-13-4-5-14(24(36)34-19-11-15(27(30,31)32)6-8-17(19)28)10-18(13)33-23-22(29)25(37)35(26(23)38)20-9-7-16(39-2)12-21(20)40-3/h4-12,33H,1-3H3,(H,34,36). The number of nitrogens with one attached hydrogen (secondary N) is 2. The van der Waals surface area contributed by atoms with E-state index < -0.39 is 34.5 Å². The van der Waals surface area contributed by atoms with Crippen LogP contribution in [0, 0.1) is 6.92 Å². The van der Waals surface area contributed by atoms with Gasteiger partial charge in [-0.05, 0) is 55.0 Å². The first-order valence-corrected chi connectivity index (χ1v) is 12.2. The molecule has 8 nitrogen and oxygen atoms in total. The number of anilines is 3. The fraction of sp³-hybridized carbons (Fsp3) is 0.148. The van der Waals surface area contributed by atoms with Crippen molar-refractivity contribution in [2.75, 3.05) is 29.8 Å². The zero-order chi connectivity index (χ0) is 29.4. The van der Waals surface area contributed by atoms with E-state index in [0.717, 1.165) is 23.1 Å². The first kappa shape index (κ1) is 28.8. The lowest BCUT2D eigenvalue weighted by Gasteiger charge is -2.19. The smallest absolute Gasteiger partial charge is 0.416 e. The molecule has 0 fully saturated rings. The number of benzene rings is 3. The van der Waals surface area contributed by atoms with Crippen LogP contribution in [0.15, 0.2) is 65.3 Å². The summed E-state index contributed by atoms with van der Waals surface area (Å²) in [6.45, 7) is 1.67. The Morgan fingerprint density at radius 2 is 1.62 bits per heavy atom. The number of nitrogens with zero attached hydrogens (tertiary/aromatic N) is 1. The number of rotatable bonds is 7. The molecule has 3 aromatic rings. The van der Waals surface area contributed by atoms with E-state index >= 15 is 0 Å². The van der Waals surface area contributed by atoms with Crippen LogP contribution >= 0.6 is 23.2 Å². The summed E-state index contributed by atoms with van der Waals surface area (Å²) in [5.41, 5.74) is -0.469. The summed E-state index contributed by atoms with van der Waals surface area (Å²) in [5.74, 6) is -1.71. The van der Waals surface area contributed by atoms with Crippen LogP contribution in [0.4, 0.5) is 30.2 Å². The van der Waals surface area contributed by atoms with Crippen molar-refractivity contribution in [1.29, 1.82) is 0 Å². The fourth-order valence-corrected chi connectivity index (χ4v) is 4.20. The van der Waals surface area contributed by atoms with Gasteiger partial charge in [0, 0.05) is 17.3 Å². The zero-order valence-electron chi connectivity index (χ0n) is 21.1. The van der Waals surface area contributed by atoms with Gasteiger partial charge in [-0.15, -0.1) is 0 Å². The SMILES string of the molecule is COc1ccc(N2C(=O)C(Cl)=C(Nc3cc(C(=O)Nc4cc(C(F)(F)F)ccc4Cl)ccc3C)C2=O)c(OC)c1. The Kier molecular flexibility index (Phi) is 7.99. The lowest BCUT2D eigenvalue weighted by Crippen LogP contribution is -2.32. The van der Waals surface area contributed by atoms with Crippen LogP contribution in [0.3, 0.4) is 0 Å². The van der Waals surface area contributed by atoms with Crippen molar-refractivity contribution in [3.05, 3.63) is 87.0 Å². The molecule has 1 heterocycles. The highest BCUT2D eigenvalue weighted by Gasteiger charge is 2.40. The number of carbonyl (C=O) groups is 3. The van der Waals surface area contributed by atoms with E-state index in [2.05, 4.69) is 10.6 Å². The number of ether oxygens (including phenoxy) is 2. The number of amides is 3. The minimum atomic E-state index is -4.63. The van der Waals surface area contributed by atoms with Gasteiger partial charge in [0.05, 0.1) is 36.2 Å². The van der Waals surface area contributed by atoms with E-state index in [1.807, 2.05) is 0 Å². The van der Waals surface area contributed by atoms with Crippen LogP contribution in [0.1, 0.15) is 21.5 Å². The number of hydrogen-bond acceptors (Lipinski definition) is 6. The maximum Gasteiger partial charge on any atom is 0.416 e. The molecule has 0 atom stereocenters. The number of carbonyl (C=O) groups excluding carboxylic acids is 3. The zero-order valence-corrected chi connectivity index (χ0v) is 22.6. The maximum absolute atomic E-state index is 13.3. The van der Waals surface area contributed by atoms with Crippen LogP contribution in [0.5, 0.6) is 11.5 Å². The third-order valence-corrected chi connectivity index (χ3v) is 6.64. The molecule has 0 saturated heterocycles. The second-order valence-corrected chi connectivity index (χ2v) is 9.26. The number of methoxy groups -OCH3 is 2. The minimum Gasteiger partial charge on any atom is -0.497 e. The molecule has 0 radical (unpaired) electrons. The van der Waals surface area contributed by atoms with E-state index in [1.165, 1.54) is 38.5 Å². The van der Waals surface area contributed by atoms with Crippen LogP contribution in [-0.4, -0.2) is 31.9 Å². The average Bonchev–Trinajstić information content (AvgIpc) is 3.12. The highest BCUT2D eigenvalue weighted by molar-refractivity contribution is 6.53. The Morgan fingerprint density at radius 3 is 2.27 bits per heavy atom. The van der Waals surface area contributed by atoms with E-state index in [4.69, 9.17) is 32.7 Å².